The molecule has 1 saturated heterocycles. The number of phosphoric ester groups is 1. The van der Waals surface area contributed by atoms with Crippen LogP contribution >= 0.6 is 7.82 Å². The molecule has 0 aliphatic carbocycles. The lowest BCUT2D eigenvalue weighted by atomic mass is 9.91. The zero-order chi connectivity index (χ0) is 19.0. The Kier molecular flexibility index (Phi) is 5.65. The standard InChI is InChI=1S/C14H20NO9P/c1-3-14(2,24-25(20,21)22)11-9(16)10(17)12(23-11)15-6-4-5-8(7-15)13(18)19/h4-7,9-12,16-17H,3H2,1-2H3,(H2-,18,19,20,21,22)/p+1/t9-,10+,11+,12+,14?/m0/s1. The van der Waals surface area contributed by atoms with Gasteiger partial charge in [-0.1, -0.05) is 6.92 Å². The number of aromatic carboxylic acids is 1. The minimum absolute atomic E-state index is 0.0547. The molecule has 2 heterocycles. The van der Waals surface area contributed by atoms with Gasteiger partial charge in [0, 0.05) is 6.07 Å². The Hall–Kier alpha value is -1.39. The Morgan fingerprint density at radius 2 is 2.04 bits per heavy atom. The minimum Gasteiger partial charge on any atom is -0.477 e. The summed E-state index contributed by atoms with van der Waals surface area (Å²) in [7, 11) is -4.87. The molecule has 0 aromatic carbocycles. The average Bonchev–Trinajstić information content (AvgIpc) is 2.82. The van der Waals surface area contributed by atoms with E-state index in [1.165, 1.54) is 36.0 Å². The summed E-state index contributed by atoms with van der Waals surface area (Å²) < 4.78 is 22.9. The molecule has 5 N–H and O–H groups in total. The molecule has 1 fully saturated rings. The Morgan fingerprint density at radius 1 is 1.40 bits per heavy atom. The maximum absolute atomic E-state index is 11.2. The van der Waals surface area contributed by atoms with Crippen LogP contribution in [0.5, 0.6) is 0 Å². The highest BCUT2D eigenvalue weighted by atomic mass is 31.2. The van der Waals surface area contributed by atoms with Gasteiger partial charge >= 0.3 is 13.8 Å². The SMILES string of the molecule is CCC(C)(OP(=O)(O)O)[C@@H]1O[C@@H]([n+]2cccc(C(=O)O)c2)[C@H](O)[C@@H]1O. The van der Waals surface area contributed by atoms with Crippen LogP contribution in [-0.4, -0.2) is 55.0 Å². The number of rotatable bonds is 6. The number of ether oxygens (including phenoxy) is 1. The van der Waals surface area contributed by atoms with Gasteiger partial charge < -0.3 is 29.8 Å². The highest BCUT2D eigenvalue weighted by Crippen LogP contribution is 2.47. The predicted octanol–water partition coefficient (Wildman–Crippen LogP) is -0.431. The smallest absolute Gasteiger partial charge is 0.470 e. The van der Waals surface area contributed by atoms with Crippen molar-refractivity contribution in [3.8, 4) is 0 Å². The van der Waals surface area contributed by atoms with Crippen LogP contribution in [0.4, 0.5) is 0 Å². The highest BCUT2D eigenvalue weighted by Gasteiger charge is 2.56. The number of carboxylic acid groups (broad SMARTS) is 1. The van der Waals surface area contributed by atoms with Crippen LogP contribution in [0.15, 0.2) is 24.5 Å². The molecule has 1 aliphatic rings. The highest BCUT2D eigenvalue weighted by molar-refractivity contribution is 7.46. The van der Waals surface area contributed by atoms with Crippen molar-refractivity contribution in [3.05, 3.63) is 30.1 Å². The lowest BCUT2D eigenvalue weighted by Crippen LogP contribution is -2.48. The van der Waals surface area contributed by atoms with E-state index in [4.69, 9.17) is 24.2 Å². The Balaban J connectivity index is 2.33. The van der Waals surface area contributed by atoms with Crippen LogP contribution in [0.2, 0.25) is 0 Å². The molecule has 2 rings (SSSR count). The summed E-state index contributed by atoms with van der Waals surface area (Å²) in [6, 6.07) is 2.78. The Labute approximate surface area is 143 Å². The van der Waals surface area contributed by atoms with E-state index in [2.05, 4.69) is 0 Å². The number of pyridine rings is 1. The van der Waals surface area contributed by atoms with E-state index < -0.39 is 43.9 Å². The molecule has 10 nitrogen and oxygen atoms in total. The third kappa shape index (κ3) is 4.24. The van der Waals surface area contributed by atoms with Gasteiger partial charge in [0.05, 0.1) is 0 Å². The molecule has 1 aromatic rings. The number of aromatic nitrogens is 1. The molecule has 140 valence electrons. The maximum Gasteiger partial charge on any atom is 0.470 e. The monoisotopic (exact) mass is 378 g/mol. The summed E-state index contributed by atoms with van der Waals surface area (Å²) in [5, 5.41) is 29.6. The number of carboxylic acids is 1. The fourth-order valence-corrected chi connectivity index (χ4v) is 3.55. The molecule has 0 bridgehead atoms. The van der Waals surface area contributed by atoms with Gasteiger partial charge in [0.1, 0.15) is 23.4 Å². The molecule has 25 heavy (non-hydrogen) atoms. The van der Waals surface area contributed by atoms with E-state index in [9.17, 15) is 19.6 Å². The van der Waals surface area contributed by atoms with Crippen molar-refractivity contribution in [3.63, 3.8) is 0 Å². The van der Waals surface area contributed by atoms with Crippen molar-refractivity contribution in [2.24, 2.45) is 0 Å². The summed E-state index contributed by atoms with van der Waals surface area (Å²) in [5.74, 6) is -1.18. The number of nitrogens with zero attached hydrogens (tertiary/aromatic N) is 1. The van der Waals surface area contributed by atoms with E-state index in [1.807, 2.05) is 0 Å². The number of carbonyl (C=O) groups is 1. The van der Waals surface area contributed by atoms with E-state index in [0.29, 0.717) is 0 Å². The Morgan fingerprint density at radius 3 is 2.56 bits per heavy atom. The number of aliphatic hydroxyl groups excluding tert-OH is 2. The van der Waals surface area contributed by atoms with Gasteiger partial charge in [-0.15, -0.1) is 0 Å². The maximum atomic E-state index is 11.2. The van der Waals surface area contributed by atoms with Crippen LogP contribution < -0.4 is 4.57 Å². The van der Waals surface area contributed by atoms with Gasteiger partial charge in [-0.3, -0.25) is 4.52 Å². The van der Waals surface area contributed by atoms with Crippen LogP contribution in [0.3, 0.4) is 0 Å². The molecule has 1 unspecified atom stereocenters. The molecule has 0 spiro atoms. The van der Waals surface area contributed by atoms with Crippen molar-refractivity contribution in [1.29, 1.82) is 0 Å². The second-order valence-corrected chi connectivity index (χ2v) is 7.19. The van der Waals surface area contributed by atoms with Gasteiger partial charge in [0.2, 0.25) is 0 Å². The van der Waals surface area contributed by atoms with Crippen LogP contribution in [-0.2, 0) is 13.8 Å². The minimum atomic E-state index is -4.87. The zero-order valence-corrected chi connectivity index (χ0v) is 14.5. The Bertz CT molecular complexity index is 693. The number of hydrogen-bond donors (Lipinski definition) is 5. The van der Waals surface area contributed by atoms with Gasteiger partial charge in [-0.05, 0) is 19.4 Å². The molecule has 1 aromatic heterocycles. The number of phosphoric acid groups is 1. The van der Waals surface area contributed by atoms with Gasteiger partial charge in [-0.2, -0.15) is 4.57 Å². The van der Waals surface area contributed by atoms with Crippen molar-refractivity contribution < 1.29 is 48.3 Å². The first-order chi connectivity index (χ1) is 11.5. The number of aliphatic hydroxyl groups is 2. The molecule has 0 amide bonds. The fourth-order valence-electron chi connectivity index (χ4n) is 2.78. The molecule has 0 radical (unpaired) electrons. The lowest BCUT2D eigenvalue weighted by molar-refractivity contribution is -0.766. The molecule has 5 atom stereocenters. The van der Waals surface area contributed by atoms with Gasteiger partial charge in [0.15, 0.2) is 18.5 Å². The quantitative estimate of drug-likeness (QED) is 0.327. The molecule has 11 heteroatoms. The second kappa shape index (κ2) is 7.08. The van der Waals surface area contributed by atoms with Crippen LogP contribution in [0.25, 0.3) is 0 Å². The normalized spacial score (nSPS) is 29.4. The first-order valence-corrected chi connectivity index (χ1v) is 9.03. The van der Waals surface area contributed by atoms with E-state index in [1.54, 1.807) is 6.92 Å². The van der Waals surface area contributed by atoms with Crippen LogP contribution in [0, 0.1) is 0 Å². The largest absolute Gasteiger partial charge is 0.477 e. The average molecular weight is 378 g/mol. The third-order valence-corrected chi connectivity index (χ3v) is 4.89. The van der Waals surface area contributed by atoms with Gasteiger partial charge in [-0.25, -0.2) is 9.36 Å². The summed E-state index contributed by atoms with van der Waals surface area (Å²) in [5.41, 5.74) is -1.62. The van der Waals surface area contributed by atoms with Crippen molar-refractivity contribution in [2.45, 2.75) is 50.4 Å². The van der Waals surface area contributed by atoms with Crippen molar-refractivity contribution in [1.82, 2.24) is 0 Å². The lowest BCUT2D eigenvalue weighted by Gasteiger charge is -2.34. The molecule has 1 aliphatic heterocycles. The van der Waals surface area contributed by atoms with E-state index in [0.717, 1.165) is 0 Å². The topological polar surface area (TPSA) is 158 Å². The first-order valence-electron chi connectivity index (χ1n) is 7.50. The first kappa shape index (κ1) is 19.9. The van der Waals surface area contributed by atoms with Crippen LogP contribution in [0.1, 0.15) is 36.9 Å². The van der Waals surface area contributed by atoms with Gasteiger partial charge in [0.25, 0.3) is 6.23 Å². The molecule has 0 saturated carbocycles. The summed E-state index contributed by atoms with van der Waals surface area (Å²) in [6.45, 7) is 2.94. The molecular formula is C14H21NO9P+. The fraction of sp³-hybridized carbons (Fsp3) is 0.571. The molecular weight excluding hydrogens is 357 g/mol. The van der Waals surface area contributed by atoms with Crippen molar-refractivity contribution in [2.75, 3.05) is 0 Å². The second-order valence-electron chi connectivity index (χ2n) is 6.02. The predicted molar refractivity (Wildman–Crippen MR) is 81.3 cm³/mol. The number of hydrogen-bond acceptors (Lipinski definition) is 6. The van der Waals surface area contributed by atoms with Crippen molar-refractivity contribution >= 4 is 13.8 Å². The summed E-state index contributed by atoms with van der Waals surface area (Å²) >= 11 is 0. The summed E-state index contributed by atoms with van der Waals surface area (Å²) in [4.78, 5) is 29.3. The van der Waals surface area contributed by atoms with E-state index >= 15 is 0 Å². The third-order valence-electron chi connectivity index (χ3n) is 4.23. The zero-order valence-electron chi connectivity index (χ0n) is 13.6. The summed E-state index contributed by atoms with van der Waals surface area (Å²) in [6.07, 6.45) is -2.59. The van der Waals surface area contributed by atoms with E-state index in [-0.39, 0.29) is 12.0 Å².